The molecule has 1 heterocycles. The van der Waals surface area contributed by atoms with E-state index in [0.29, 0.717) is 5.69 Å². The number of aryl methyl sites for hydroxylation is 2. The maximum Gasteiger partial charge on any atom is 0.272 e. The lowest BCUT2D eigenvalue weighted by molar-refractivity contribution is 0.101. The molecule has 0 unspecified atom stereocenters. The number of nitrogens with one attached hydrogen (secondary N) is 1. The lowest BCUT2D eigenvalue weighted by Crippen LogP contribution is -2.16. The smallest absolute Gasteiger partial charge is 0.272 e. The number of hydrogen-bond donors (Lipinski definition) is 1. The van der Waals surface area contributed by atoms with E-state index >= 15 is 0 Å². The minimum absolute atomic E-state index is 0.183. The SMILES string of the molecule is Cc1ccc(NC(=O)c2cc(Br)cn2C)c(F)c1. The van der Waals surface area contributed by atoms with Crippen molar-refractivity contribution in [3.8, 4) is 0 Å². The Morgan fingerprint density at radius 3 is 2.67 bits per heavy atom. The van der Waals surface area contributed by atoms with Crippen LogP contribution in [0.25, 0.3) is 0 Å². The molecule has 18 heavy (non-hydrogen) atoms. The Morgan fingerprint density at radius 1 is 1.39 bits per heavy atom. The number of anilines is 1. The van der Waals surface area contributed by atoms with Crippen molar-refractivity contribution in [1.82, 2.24) is 4.57 Å². The molecule has 1 amide bonds. The Bertz CT molecular complexity index is 607. The number of hydrogen-bond acceptors (Lipinski definition) is 1. The third-order valence-electron chi connectivity index (χ3n) is 2.58. The summed E-state index contributed by atoms with van der Waals surface area (Å²) in [4.78, 5) is 12.0. The van der Waals surface area contributed by atoms with Crippen molar-refractivity contribution in [2.75, 3.05) is 5.32 Å². The van der Waals surface area contributed by atoms with E-state index in [-0.39, 0.29) is 11.6 Å². The minimum Gasteiger partial charge on any atom is -0.345 e. The van der Waals surface area contributed by atoms with E-state index in [1.165, 1.54) is 6.07 Å². The predicted octanol–water partition coefficient (Wildman–Crippen LogP) is 3.49. The van der Waals surface area contributed by atoms with Gasteiger partial charge in [0.1, 0.15) is 11.5 Å². The molecular formula is C13H12BrFN2O. The molecule has 0 aliphatic heterocycles. The van der Waals surface area contributed by atoms with E-state index in [1.54, 1.807) is 42.9 Å². The standard InChI is InChI=1S/C13H12BrFN2O/c1-8-3-4-11(10(15)5-8)16-13(18)12-6-9(14)7-17(12)2/h3-7H,1-2H3,(H,16,18). The number of benzene rings is 1. The molecule has 3 nitrogen and oxygen atoms in total. The molecule has 0 radical (unpaired) electrons. The van der Waals surface area contributed by atoms with Crippen molar-refractivity contribution in [1.29, 1.82) is 0 Å². The fraction of sp³-hybridized carbons (Fsp3) is 0.154. The zero-order chi connectivity index (χ0) is 13.3. The molecule has 5 heteroatoms. The van der Waals surface area contributed by atoms with Crippen LogP contribution in [0.3, 0.4) is 0 Å². The van der Waals surface area contributed by atoms with Crippen LogP contribution < -0.4 is 5.32 Å². The number of rotatable bonds is 2. The molecule has 0 atom stereocenters. The quantitative estimate of drug-likeness (QED) is 0.905. The van der Waals surface area contributed by atoms with Crippen LogP contribution in [0.2, 0.25) is 0 Å². The highest BCUT2D eigenvalue weighted by atomic mass is 79.9. The Balaban J connectivity index is 2.24. The molecule has 0 spiro atoms. The summed E-state index contributed by atoms with van der Waals surface area (Å²) in [7, 11) is 1.76. The fourth-order valence-corrected chi connectivity index (χ4v) is 2.18. The van der Waals surface area contributed by atoms with Crippen LogP contribution in [0.15, 0.2) is 34.9 Å². The van der Waals surface area contributed by atoms with Gasteiger partial charge in [0.05, 0.1) is 5.69 Å². The Labute approximate surface area is 113 Å². The lowest BCUT2D eigenvalue weighted by Gasteiger charge is -2.07. The van der Waals surface area contributed by atoms with Gasteiger partial charge < -0.3 is 9.88 Å². The minimum atomic E-state index is -0.434. The first-order chi connectivity index (χ1) is 8.47. The number of aromatic nitrogens is 1. The number of amides is 1. The van der Waals surface area contributed by atoms with Gasteiger partial charge in [-0.05, 0) is 46.6 Å². The van der Waals surface area contributed by atoms with Gasteiger partial charge in [-0.3, -0.25) is 4.79 Å². The van der Waals surface area contributed by atoms with Gasteiger partial charge >= 0.3 is 0 Å². The van der Waals surface area contributed by atoms with Crippen LogP contribution in [-0.2, 0) is 7.05 Å². The van der Waals surface area contributed by atoms with E-state index < -0.39 is 5.82 Å². The van der Waals surface area contributed by atoms with Crippen molar-refractivity contribution >= 4 is 27.5 Å². The van der Waals surface area contributed by atoms with E-state index in [9.17, 15) is 9.18 Å². The van der Waals surface area contributed by atoms with Crippen molar-refractivity contribution in [2.24, 2.45) is 7.05 Å². The van der Waals surface area contributed by atoms with Crippen molar-refractivity contribution in [2.45, 2.75) is 6.92 Å². The molecule has 2 aromatic rings. The van der Waals surface area contributed by atoms with Crippen molar-refractivity contribution in [3.05, 3.63) is 52.0 Å². The maximum atomic E-state index is 13.6. The zero-order valence-corrected chi connectivity index (χ0v) is 11.6. The number of halogens is 2. The van der Waals surface area contributed by atoms with Gasteiger partial charge in [-0.25, -0.2) is 4.39 Å². The predicted molar refractivity (Wildman–Crippen MR) is 72.2 cm³/mol. The second-order valence-corrected chi connectivity index (χ2v) is 5.01. The van der Waals surface area contributed by atoms with Crippen LogP contribution in [0, 0.1) is 12.7 Å². The molecule has 0 saturated carbocycles. The summed E-state index contributed by atoms with van der Waals surface area (Å²) in [5, 5.41) is 2.55. The first-order valence-corrected chi connectivity index (χ1v) is 6.16. The molecule has 0 fully saturated rings. The number of carbonyl (C=O) groups is 1. The van der Waals surface area contributed by atoms with Crippen LogP contribution >= 0.6 is 15.9 Å². The van der Waals surface area contributed by atoms with E-state index in [0.717, 1.165) is 10.0 Å². The molecule has 0 aliphatic rings. The topological polar surface area (TPSA) is 34.0 Å². The Morgan fingerprint density at radius 2 is 2.11 bits per heavy atom. The Kier molecular flexibility index (Phi) is 3.52. The summed E-state index contributed by atoms with van der Waals surface area (Å²) >= 11 is 3.29. The van der Waals surface area contributed by atoms with E-state index in [4.69, 9.17) is 0 Å². The van der Waals surface area contributed by atoms with Gasteiger partial charge in [0.15, 0.2) is 0 Å². The molecule has 0 saturated heterocycles. The number of nitrogens with zero attached hydrogens (tertiary/aromatic N) is 1. The summed E-state index contributed by atoms with van der Waals surface area (Å²) in [6.07, 6.45) is 1.76. The third-order valence-corrected chi connectivity index (χ3v) is 3.01. The highest BCUT2D eigenvalue weighted by Gasteiger charge is 2.13. The van der Waals surface area contributed by atoms with Crippen LogP contribution in [0.1, 0.15) is 16.1 Å². The van der Waals surface area contributed by atoms with Crippen molar-refractivity contribution in [3.63, 3.8) is 0 Å². The van der Waals surface area contributed by atoms with Gasteiger partial charge in [0, 0.05) is 17.7 Å². The zero-order valence-electron chi connectivity index (χ0n) is 10.00. The average molecular weight is 311 g/mol. The second kappa shape index (κ2) is 4.94. The van der Waals surface area contributed by atoms with Gasteiger partial charge in [-0.15, -0.1) is 0 Å². The van der Waals surface area contributed by atoms with Crippen LogP contribution in [0.4, 0.5) is 10.1 Å². The largest absolute Gasteiger partial charge is 0.345 e. The molecular weight excluding hydrogens is 299 g/mol. The fourth-order valence-electron chi connectivity index (χ4n) is 1.66. The number of carbonyl (C=O) groups excluding carboxylic acids is 1. The molecule has 0 bridgehead atoms. The molecule has 2 rings (SSSR count). The summed E-state index contributed by atoms with van der Waals surface area (Å²) in [6, 6.07) is 6.37. The van der Waals surface area contributed by atoms with Crippen LogP contribution in [-0.4, -0.2) is 10.5 Å². The third kappa shape index (κ3) is 2.61. The summed E-state index contributed by atoms with van der Waals surface area (Å²) < 4.78 is 16.1. The molecule has 1 N–H and O–H groups in total. The first kappa shape index (κ1) is 12.8. The highest BCUT2D eigenvalue weighted by molar-refractivity contribution is 9.10. The summed E-state index contributed by atoms with van der Waals surface area (Å²) in [5.41, 5.74) is 1.46. The molecule has 1 aromatic carbocycles. The van der Waals surface area contributed by atoms with Gasteiger partial charge in [0.25, 0.3) is 5.91 Å². The van der Waals surface area contributed by atoms with Crippen molar-refractivity contribution < 1.29 is 9.18 Å². The summed E-state index contributed by atoms with van der Waals surface area (Å²) in [6.45, 7) is 1.79. The first-order valence-electron chi connectivity index (χ1n) is 5.37. The van der Waals surface area contributed by atoms with Gasteiger partial charge in [-0.1, -0.05) is 6.07 Å². The van der Waals surface area contributed by atoms with Gasteiger partial charge in [0.2, 0.25) is 0 Å². The summed E-state index contributed by atoms with van der Waals surface area (Å²) in [5.74, 6) is -0.775. The van der Waals surface area contributed by atoms with E-state index in [1.807, 2.05) is 0 Å². The van der Waals surface area contributed by atoms with Crippen LogP contribution in [0.5, 0.6) is 0 Å². The Hall–Kier alpha value is -1.62. The van der Waals surface area contributed by atoms with E-state index in [2.05, 4.69) is 21.2 Å². The lowest BCUT2D eigenvalue weighted by atomic mass is 10.2. The molecule has 0 aliphatic carbocycles. The molecule has 94 valence electrons. The van der Waals surface area contributed by atoms with Gasteiger partial charge in [-0.2, -0.15) is 0 Å². The maximum absolute atomic E-state index is 13.6. The average Bonchev–Trinajstić information content (AvgIpc) is 2.62. The second-order valence-electron chi connectivity index (χ2n) is 4.09. The monoisotopic (exact) mass is 310 g/mol. The normalized spacial score (nSPS) is 10.4. The molecule has 1 aromatic heterocycles. The highest BCUT2D eigenvalue weighted by Crippen LogP contribution is 2.18.